The Hall–Kier alpha value is -0.520. The summed E-state index contributed by atoms with van der Waals surface area (Å²) in [6, 6.07) is 0. The lowest BCUT2D eigenvalue weighted by molar-refractivity contribution is 0.0937. The van der Waals surface area contributed by atoms with Gasteiger partial charge in [0.15, 0.2) is 0 Å². The molecule has 3 unspecified atom stereocenters. The van der Waals surface area contributed by atoms with Crippen LogP contribution in [0, 0.1) is 23.2 Å². The zero-order valence-electron chi connectivity index (χ0n) is 10.5. The summed E-state index contributed by atoms with van der Waals surface area (Å²) in [5, 5.41) is 0. The van der Waals surface area contributed by atoms with Crippen LogP contribution in [0.4, 0.5) is 0 Å². The van der Waals surface area contributed by atoms with Gasteiger partial charge in [-0.25, -0.2) is 0 Å². The molecular weight excluding hydrogens is 180 g/mol. The summed E-state index contributed by atoms with van der Waals surface area (Å²) in [5.41, 5.74) is 3.40. The lowest BCUT2D eigenvalue weighted by Gasteiger charge is -2.51. The van der Waals surface area contributed by atoms with Gasteiger partial charge in [-0.2, -0.15) is 0 Å². The Morgan fingerprint density at radius 1 is 1.27 bits per heavy atom. The SMILES string of the molecule is C=C(C)C1CCC2C(=C)C1CCC2(C)C. The molecule has 15 heavy (non-hydrogen) atoms. The molecule has 2 rings (SSSR count). The largest absolute Gasteiger partial charge is 0.0998 e. The van der Waals surface area contributed by atoms with Gasteiger partial charge in [0.25, 0.3) is 0 Å². The van der Waals surface area contributed by atoms with Gasteiger partial charge in [0, 0.05) is 0 Å². The fourth-order valence-electron chi connectivity index (χ4n) is 3.82. The van der Waals surface area contributed by atoms with Crippen molar-refractivity contribution >= 4 is 0 Å². The van der Waals surface area contributed by atoms with Gasteiger partial charge in [0.05, 0.1) is 0 Å². The Balaban J connectivity index is 2.24. The number of fused-ring (bicyclic) bond motifs is 2. The van der Waals surface area contributed by atoms with Crippen molar-refractivity contribution in [2.45, 2.75) is 46.5 Å². The third-order valence-corrected chi connectivity index (χ3v) is 4.85. The van der Waals surface area contributed by atoms with E-state index >= 15 is 0 Å². The smallest absolute Gasteiger partial charge is 0.0137 e. The van der Waals surface area contributed by atoms with Gasteiger partial charge in [-0.15, -0.1) is 0 Å². The highest BCUT2D eigenvalue weighted by molar-refractivity contribution is 5.21. The van der Waals surface area contributed by atoms with Crippen molar-refractivity contribution in [3.8, 4) is 0 Å². The fraction of sp³-hybridized carbons (Fsp3) is 0.733. The maximum absolute atomic E-state index is 4.39. The summed E-state index contributed by atoms with van der Waals surface area (Å²) in [6.45, 7) is 15.6. The summed E-state index contributed by atoms with van der Waals surface area (Å²) in [6.07, 6.45) is 5.37. The predicted octanol–water partition coefficient (Wildman–Crippen LogP) is 4.58. The zero-order chi connectivity index (χ0) is 11.2. The normalized spacial score (nSPS) is 38.9. The molecule has 0 N–H and O–H groups in total. The standard InChI is InChI=1S/C15H24/c1-10(2)12-6-7-14-11(3)13(12)8-9-15(14,4)5/h12-14H,1,3,6-9H2,2,4-5H3. The first-order valence-corrected chi connectivity index (χ1v) is 6.27. The van der Waals surface area contributed by atoms with Crippen LogP contribution < -0.4 is 0 Å². The Labute approximate surface area is 94.5 Å². The third-order valence-electron chi connectivity index (χ3n) is 4.85. The van der Waals surface area contributed by atoms with Crippen molar-refractivity contribution in [2.75, 3.05) is 0 Å². The van der Waals surface area contributed by atoms with Crippen molar-refractivity contribution in [3.05, 3.63) is 24.3 Å². The van der Waals surface area contributed by atoms with Gasteiger partial charge in [-0.1, -0.05) is 38.2 Å². The Morgan fingerprint density at radius 3 is 2.53 bits per heavy atom. The minimum atomic E-state index is 0.494. The average molecular weight is 204 g/mol. The quantitative estimate of drug-likeness (QED) is 0.548. The first-order valence-electron chi connectivity index (χ1n) is 6.27. The molecule has 84 valence electrons. The van der Waals surface area contributed by atoms with Crippen LogP contribution in [0.5, 0.6) is 0 Å². The molecule has 0 aromatic rings. The van der Waals surface area contributed by atoms with E-state index in [-0.39, 0.29) is 0 Å². The maximum Gasteiger partial charge on any atom is -0.0137 e. The lowest BCUT2D eigenvalue weighted by Crippen LogP contribution is -2.40. The molecule has 2 aliphatic rings. The molecule has 0 saturated heterocycles. The van der Waals surface area contributed by atoms with Gasteiger partial charge >= 0.3 is 0 Å². The minimum absolute atomic E-state index is 0.494. The topological polar surface area (TPSA) is 0 Å². The lowest BCUT2D eigenvalue weighted by atomic mass is 9.54. The number of hydrogen-bond donors (Lipinski definition) is 0. The average Bonchev–Trinajstić information content (AvgIpc) is 2.11. The second-order valence-electron chi connectivity index (χ2n) is 6.29. The summed E-state index contributed by atoms with van der Waals surface area (Å²) in [7, 11) is 0. The van der Waals surface area contributed by atoms with E-state index in [1.165, 1.54) is 36.8 Å². The van der Waals surface area contributed by atoms with Gasteiger partial charge < -0.3 is 0 Å². The van der Waals surface area contributed by atoms with Crippen LogP contribution in [0.3, 0.4) is 0 Å². The molecule has 3 atom stereocenters. The highest BCUT2D eigenvalue weighted by Gasteiger charge is 2.44. The molecule has 0 radical (unpaired) electrons. The number of allylic oxidation sites excluding steroid dienone is 2. The van der Waals surface area contributed by atoms with Crippen LogP contribution in [-0.2, 0) is 0 Å². The summed E-state index contributed by atoms with van der Waals surface area (Å²) in [5.74, 6) is 2.24. The Kier molecular flexibility index (Phi) is 2.56. The highest BCUT2D eigenvalue weighted by atomic mass is 14.5. The summed E-state index contributed by atoms with van der Waals surface area (Å²) < 4.78 is 0. The van der Waals surface area contributed by atoms with Crippen molar-refractivity contribution in [3.63, 3.8) is 0 Å². The van der Waals surface area contributed by atoms with E-state index in [2.05, 4.69) is 33.9 Å². The van der Waals surface area contributed by atoms with Crippen molar-refractivity contribution in [2.24, 2.45) is 23.2 Å². The molecule has 0 nitrogen and oxygen atoms in total. The van der Waals surface area contributed by atoms with E-state index in [1.54, 1.807) is 0 Å². The molecule has 0 amide bonds. The Bertz CT molecular complexity index is 295. The molecule has 2 bridgehead atoms. The molecule has 0 aromatic heterocycles. The van der Waals surface area contributed by atoms with E-state index in [0.29, 0.717) is 5.41 Å². The molecule has 0 aliphatic heterocycles. The molecule has 2 fully saturated rings. The van der Waals surface area contributed by atoms with Crippen molar-refractivity contribution in [1.82, 2.24) is 0 Å². The third kappa shape index (κ3) is 1.68. The van der Waals surface area contributed by atoms with Crippen LogP contribution in [0.15, 0.2) is 24.3 Å². The minimum Gasteiger partial charge on any atom is -0.0998 e. The van der Waals surface area contributed by atoms with E-state index in [1.807, 2.05) is 0 Å². The van der Waals surface area contributed by atoms with Gasteiger partial charge in [0.1, 0.15) is 0 Å². The van der Waals surface area contributed by atoms with Crippen LogP contribution >= 0.6 is 0 Å². The summed E-state index contributed by atoms with van der Waals surface area (Å²) in [4.78, 5) is 0. The molecule has 2 aliphatic carbocycles. The Morgan fingerprint density at radius 2 is 1.93 bits per heavy atom. The number of rotatable bonds is 1. The molecule has 0 aromatic carbocycles. The summed E-state index contributed by atoms with van der Waals surface area (Å²) >= 11 is 0. The molecule has 0 heteroatoms. The predicted molar refractivity (Wildman–Crippen MR) is 66.7 cm³/mol. The van der Waals surface area contributed by atoms with Gasteiger partial charge in [-0.05, 0) is 55.8 Å². The number of hydrogen-bond acceptors (Lipinski definition) is 0. The van der Waals surface area contributed by atoms with E-state index in [4.69, 9.17) is 0 Å². The van der Waals surface area contributed by atoms with Crippen molar-refractivity contribution in [1.29, 1.82) is 0 Å². The van der Waals surface area contributed by atoms with Crippen LogP contribution in [0.1, 0.15) is 46.5 Å². The van der Waals surface area contributed by atoms with E-state index in [0.717, 1.165) is 17.8 Å². The highest BCUT2D eigenvalue weighted by Crippen LogP contribution is 2.55. The second kappa shape index (κ2) is 3.50. The first kappa shape index (κ1) is 11.0. The zero-order valence-corrected chi connectivity index (χ0v) is 10.5. The maximum atomic E-state index is 4.39. The molecule has 2 saturated carbocycles. The van der Waals surface area contributed by atoms with Crippen LogP contribution in [0.2, 0.25) is 0 Å². The first-order chi connectivity index (χ1) is 6.93. The molecular formula is C15H24. The van der Waals surface area contributed by atoms with Gasteiger partial charge in [0.2, 0.25) is 0 Å². The fourth-order valence-corrected chi connectivity index (χ4v) is 3.82. The second-order valence-corrected chi connectivity index (χ2v) is 6.29. The van der Waals surface area contributed by atoms with Crippen LogP contribution in [0.25, 0.3) is 0 Å². The van der Waals surface area contributed by atoms with E-state index in [9.17, 15) is 0 Å². The van der Waals surface area contributed by atoms with Crippen LogP contribution in [-0.4, -0.2) is 0 Å². The van der Waals surface area contributed by atoms with Crippen molar-refractivity contribution < 1.29 is 0 Å². The molecule has 0 spiro atoms. The monoisotopic (exact) mass is 204 g/mol. The van der Waals surface area contributed by atoms with Gasteiger partial charge in [-0.3, -0.25) is 0 Å². The van der Waals surface area contributed by atoms with E-state index < -0.39 is 0 Å². The molecule has 0 heterocycles.